The minimum atomic E-state index is -1.33. The number of hydrogen-bond donors (Lipinski definition) is 5. The Kier molecular flexibility index (Phi) is 9.93. The van der Waals surface area contributed by atoms with E-state index in [2.05, 4.69) is 40.1 Å². The Hall–Kier alpha value is -3.46. The first-order chi connectivity index (χ1) is 21.1. The van der Waals surface area contributed by atoms with Crippen LogP contribution in [0.4, 0.5) is 4.79 Å². The van der Waals surface area contributed by atoms with E-state index in [4.69, 9.17) is 4.74 Å². The van der Waals surface area contributed by atoms with Gasteiger partial charge >= 0.3 is 6.09 Å². The number of nitrogens with one attached hydrogen (secondary N) is 4. The van der Waals surface area contributed by atoms with Crippen molar-refractivity contribution in [2.24, 2.45) is 17.8 Å². The number of aromatic amines is 1. The molecular weight excluding hydrogens is 572 g/mol. The van der Waals surface area contributed by atoms with Gasteiger partial charge in [-0.3, -0.25) is 9.59 Å². The third-order valence-corrected chi connectivity index (χ3v) is 10.1. The highest BCUT2D eigenvalue weighted by Crippen LogP contribution is 2.59. The maximum Gasteiger partial charge on any atom is 0.408 e. The Balaban J connectivity index is 1.35. The standard InChI is InChI=1S/C35H46N4O4S/c1-4-5-6-9-23(2)30(38-31(40)13-15-44)22-37-32(41)34(3,20-26-21-36-29-11-8-7-10-28(26)29)39-33(42)43-35-14-12-24-16-25(19-35)18-27(35)17-24/h4-11,21,24-25,27,30,36,44H,2,12-20,22H2,1,3H3,(H,37,41)(H,38,40)(H,39,42)/b5-4-,9-6-/t24?,25?,27?,30-,34?,35?/m1/s1. The average Bonchev–Trinajstić information content (AvgIpc) is 3.46. The number of carbonyl (C=O) groups excluding carboxylic acids is 3. The van der Waals surface area contributed by atoms with Gasteiger partial charge in [-0.2, -0.15) is 12.6 Å². The molecule has 5 rings (SSSR count). The van der Waals surface area contributed by atoms with Crippen LogP contribution in [0.15, 0.2) is 66.9 Å². The van der Waals surface area contributed by atoms with Crippen molar-refractivity contribution in [3.8, 4) is 0 Å². The lowest BCUT2D eigenvalue weighted by Gasteiger charge is -2.42. The number of hydrogen-bond acceptors (Lipinski definition) is 5. The van der Waals surface area contributed by atoms with E-state index in [-0.39, 0.29) is 31.2 Å². The number of para-hydroxylation sites is 1. The predicted molar refractivity (Wildman–Crippen MR) is 177 cm³/mol. The highest BCUT2D eigenvalue weighted by Gasteiger charge is 2.57. The van der Waals surface area contributed by atoms with Crippen LogP contribution in [0.3, 0.4) is 0 Å². The van der Waals surface area contributed by atoms with Crippen LogP contribution in [0.2, 0.25) is 0 Å². The number of fused-ring (bicyclic) bond motifs is 3. The molecule has 8 nitrogen and oxygen atoms in total. The smallest absolute Gasteiger partial charge is 0.408 e. The van der Waals surface area contributed by atoms with E-state index in [9.17, 15) is 14.4 Å². The zero-order chi connectivity index (χ0) is 31.3. The molecule has 44 heavy (non-hydrogen) atoms. The Morgan fingerprint density at radius 2 is 2.00 bits per heavy atom. The number of alkyl carbamates (subject to hydrolysis) is 1. The largest absolute Gasteiger partial charge is 0.443 e. The van der Waals surface area contributed by atoms with Gasteiger partial charge in [-0.15, -0.1) is 0 Å². The number of H-pyrrole nitrogens is 1. The molecule has 1 aromatic heterocycles. The first kappa shape index (κ1) is 31.9. The summed E-state index contributed by atoms with van der Waals surface area (Å²) in [6.07, 6.45) is 15.7. The van der Waals surface area contributed by atoms with Crippen LogP contribution in [-0.4, -0.2) is 52.4 Å². The molecule has 1 heterocycles. The Labute approximate surface area is 265 Å². The summed E-state index contributed by atoms with van der Waals surface area (Å²) >= 11 is 4.17. The van der Waals surface area contributed by atoms with E-state index in [0.29, 0.717) is 23.2 Å². The highest BCUT2D eigenvalue weighted by atomic mass is 32.1. The molecule has 5 unspecified atom stereocenters. The zero-order valence-electron chi connectivity index (χ0n) is 25.9. The van der Waals surface area contributed by atoms with Crippen LogP contribution in [-0.2, 0) is 20.7 Å². The molecule has 2 aromatic rings. The molecule has 0 spiro atoms. The quantitative estimate of drug-likeness (QED) is 0.145. The molecule has 1 aromatic carbocycles. The van der Waals surface area contributed by atoms with E-state index < -0.39 is 23.3 Å². The van der Waals surface area contributed by atoms with Gasteiger partial charge < -0.3 is 25.7 Å². The molecule has 3 aliphatic rings. The summed E-state index contributed by atoms with van der Waals surface area (Å²) in [6.45, 7) is 7.88. The summed E-state index contributed by atoms with van der Waals surface area (Å²) in [5.41, 5.74) is 0.748. The zero-order valence-corrected chi connectivity index (χ0v) is 26.8. The van der Waals surface area contributed by atoms with E-state index in [1.165, 1.54) is 6.42 Å². The van der Waals surface area contributed by atoms with E-state index in [0.717, 1.165) is 54.5 Å². The number of amides is 3. The molecule has 3 bridgehead atoms. The van der Waals surface area contributed by atoms with E-state index in [1.807, 2.05) is 61.7 Å². The van der Waals surface area contributed by atoms with Gasteiger partial charge in [0.2, 0.25) is 11.8 Å². The lowest BCUT2D eigenvalue weighted by molar-refractivity contribution is -0.128. The maximum atomic E-state index is 14.1. The van der Waals surface area contributed by atoms with Crippen LogP contribution >= 0.6 is 12.6 Å². The molecular formula is C35H46N4O4S. The minimum absolute atomic E-state index is 0.103. The van der Waals surface area contributed by atoms with Gasteiger partial charge in [0.05, 0.1) is 6.04 Å². The molecule has 0 saturated heterocycles. The third-order valence-electron chi connectivity index (χ3n) is 9.85. The van der Waals surface area contributed by atoms with Gasteiger partial charge in [0.25, 0.3) is 0 Å². The number of benzene rings is 1. The minimum Gasteiger partial charge on any atom is -0.443 e. The average molecular weight is 619 g/mol. The van der Waals surface area contributed by atoms with Crippen molar-refractivity contribution in [3.05, 3.63) is 72.5 Å². The summed E-state index contributed by atoms with van der Waals surface area (Å²) in [5, 5.41) is 9.95. The first-order valence-corrected chi connectivity index (χ1v) is 16.5. The van der Waals surface area contributed by atoms with Gasteiger partial charge in [0.15, 0.2) is 0 Å². The van der Waals surface area contributed by atoms with Crippen molar-refractivity contribution in [1.82, 2.24) is 20.9 Å². The predicted octanol–water partition coefficient (Wildman–Crippen LogP) is 5.77. The monoisotopic (exact) mass is 618 g/mol. The lowest BCUT2D eigenvalue weighted by Crippen LogP contribution is -2.61. The van der Waals surface area contributed by atoms with Gasteiger partial charge in [-0.05, 0) is 93.1 Å². The maximum absolute atomic E-state index is 14.1. The normalized spacial score (nSPS) is 26.0. The van der Waals surface area contributed by atoms with Crippen LogP contribution in [0.5, 0.6) is 0 Å². The van der Waals surface area contributed by atoms with E-state index in [1.54, 1.807) is 6.92 Å². The summed E-state index contributed by atoms with van der Waals surface area (Å²) in [5.74, 6) is 1.64. The number of thiol groups is 1. The van der Waals surface area contributed by atoms with Gasteiger partial charge in [0.1, 0.15) is 11.1 Å². The van der Waals surface area contributed by atoms with Crippen LogP contribution in [0.1, 0.15) is 64.4 Å². The fraction of sp³-hybridized carbons (Fsp3) is 0.514. The molecule has 3 saturated carbocycles. The molecule has 6 atom stereocenters. The van der Waals surface area contributed by atoms with E-state index >= 15 is 0 Å². The summed E-state index contributed by atoms with van der Waals surface area (Å²) < 4.78 is 6.32. The number of aromatic nitrogens is 1. The summed E-state index contributed by atoms with van der Waals surface area (Å²) in [4.78, 5) is 43.5. The molecule has 9 heteroatoms. The highest BCUT2D eigenvalue weighted by molar-refractivity contribution is 7.80. The van der Waals surface area contributed by atoms with Gasteiger partial charge in [0, 0.05) is 36.5 Å². The molecule has 3 aliphatic carbocycles. The lowest BCUT2D eigenvalue weighted by atomic mass is 9.70. The Bertz CT molecular complexity index is 1450. The number of rotatable bonds is 13. The fourth-order valence-corrected chi connectivity index (χ4v) is 7.90. The van der Waals surface area contributed by atoms with Crippen molar-refractivity contribution < 1.29 is 19.1 Å². The van der Waals surface area contributed by atoms with Crippen molar-refractivity contribution in [3.63, 3.8) is 0 Å². The fourth-order valence-electron chi connectivity index (χ4n) is 7.70. The van der Waals surface area contributed by atoms with Crippen molar-refractivity contribution in [1.29, 1.82) is 0 Å². The van der Waals surface area contributed by atoms with Gasteiger partial charge in [-0.1, -0.05) is 49.1 Å². The first-order valence-electron chi connectivity index (χ1n) is 15.9. The van der Waals surface area contributed by atoms with Gasteiger partial charge in [-0.25, -0.2) is 4.79 Å². The Morgan fingerprint density at radius 3 is 2.80 bits per heavy atom. The van der Waals surface area contributed by atoms with Crippen LogP contribution in [0.25, 0.3) is 10.9 Å². The Morgan fingerprint density at radius 1 is 1.20 bits per heavy atom. The number of carbonyl (C=O) groups is 3. The number of ether oxygens (including phenoxy) is 1. The third kappa shape index (κ3) is 7.09. The second-order valence-electron chi connectivity index (χ2n) is 13.1. The van der Waals surface area contributed by atoms with Crippen LogP contribution < -0.4 is 16.0 Å². The molecule has 3 amide bonds. The molecule has 0 radical (unpaired) electrons. The SMILES string of the molecule is C=C(/C=C\C=C/C)[C@@H](CNC(=O)C(C)(Cc1c[nH]c2ccccc12)NC(=O)OC12CCC3CC(CC1C3)C2)NC(=O)CCS. The summed E-state index contributed by atoms with van der Waals surface area (Å²) in [7, 11) is 0. The summed E-state index contributed by atoms with van der Waals surface area (Å²) in [6, 6.07) is 7.36. The van der Waals surface area contributed by atoms with Crippen molar-refractivity contribution in [2.75, 3.05) is 12.3 Å². The second kappa shape index (κ2) is 13.7. The topological polar surface area (TPSA) is 112 Å². The number of allylic oxidation sites excluding steroid dienone is 3. The molecule has 236 valence electrons. The van der Waals surface area contributed by atoms with Crippen molar-refractivity contribution >= 4 is 41.4 Å². The van der Waals surface area contributed by atoms with Crippen LogP contribution in [0, 0.1) is 17.8 Å². The molecule has 0 aliphatic heterocycles. The molecule has 3 fully saturated rings. The van der Waals surface area contributed by atoms with Crippen molar-refractivity contribution in [2.45, 2.75) is 82.4 Å². The molecule has 4 N–H and O–H groups in total. The second-order valence-corrected chi connectivity index (χ2v) is 13.5.